The third-order valence-electron chi connectivity index (χ3n) is 2.01. The molecule has 2 aromatic heterocycles. The maximum absolute atomic E-state index is 12.3. The summed E-state index contributed by atoms with van der Waals surface area (Å²) in [6.45, 7) is 0.114. The highest BCUT2D eigenvalue weighted by atomic mass is 19.4. The van der Waals surface area contributed by atoms with Crippen LogP contribution in [0.25, 0.3) is 0 Å². The Bertz CT molecular complexity index is 502. The van der Waals surface area contributed by atoms with Gasteiger partial charge in [-0.25, -0.2) is 4.98 Å². The molecule has 0 saturated heterocycles. The zero-order valence-corrected chi connectivity index (χ0v) is 8.52. The van der Waals surface area contributed by atoms with E-state index in [9.17, 15) is 13.2 Å². The third kappa shape index (κ3) is 2.71. The number of halogens is 3. The molecular formula is C9H8F3N5. The summed E-state index contributed by atoms with van der Waals surface area (Å²) in [5, 5.41) is 3.60. The average Bonchev–Trinajstić information content (AvgIpc) is 2.69. The zero-order valence-electron chi connectivity index (χ0n) is 8.52. The molecule has 2 aromatic rings. The molecule has 2 heterocycles. The summed E-state index contributed by atoms with van der Waals surface area (Å²) >= 11 is 0. The molecule has 8 heteroatoms. The van der Waals surface area contributed by atoms with Gasteiger partial charge in [-0.2, -0.15) is 18.3 Å². The van der Waals surface area contributed by atoms with Crippen LogP contribution in [0.3, 0.4) is 0 Å². The van der Waals surface area contributed by atoms with Gasteiger partial charge in [-0.1, -0.05) is 0 Å². The highest BCUT2D eigenvalue weighted by molar-refractivity contribution is 5.22. The van der Waals surface area contributed by atoms with Crippen molar-refractivity contribution < 1.29 is 13.2 Å². The van der Waals surface area contributed by atoms with E-state index in [1.165, 1.54) is 12.4 Å². The quantitative estimate of drug-likeness (QED) is 0.863. The van der Waals surface area contributed by atoms with E-state index in [1.54, 1.807) is 0 Å². The smallest absolute Gasteiger partial charge is 0.382 e. The van der Waals surface area contributed by atoms with Crippen LogP contribution < -0.4 is 5.73 Å². The minimum atomic E-state index is -4.38. The van der Waals surface area contributed by atoms with Crippen molar-refractivity contribution in [1.29, 1.82) is 0 Å². The zero-order chi connectivity index (χ0) is 12.5. The van der Waals surface area contributed by atoms with E-state index in [1.807, 2.05) is 0 Å². The maximum atomic E-state index is 12.3. The lowest BCUT2D eigenvalue weighted by Gasteiger charge is -2.02. The second-order valence-corrected chi connectivity index (χ2v) is 3.36. The van der Waals surface area contributed by atoms with E-state index < -0.39 is 11.7 Å². The molecule has 0 amide bonds. The van der Waals surface area contributed by atoms with Crippen LogP contribution >= 0.6 is 0 Å². The number of aromatic nitrogens is 4. The van der Waals surface area contributed by atoms with Crippen LogP contribution in [0.2, 0.25) is 0 Å². The summed E-state index contributed by atoms with van der Waals surface area (Å²) in [4.78, 5) is 7.70. The molecule has 0 spiro atoms. The van der Waals surface area contributed by atoms with Crippen molar-refractivity contribution in [2.45, 2.75) is 12.7 Å². The number of hydrogen-bond donors (Lipinski definition) is 1. The number of rotatable bonds is 2. The van der Waals surface area contributed by atoms with E-state index >= 15 is 0 Å². The monoisotopic (exact) mass is 243 g/mol. The second-order valence-electron chi connectivity index (χ2n) is 3.36. The predicted octanol–water partition coefficient (Wildman–Crippen LogP) is 1.32. The Morgan fingerprint density at radius 3 is 2.47 bits per heavy atom. The van der Waals surface area contributed by atoms with Crippen LogP contribution in [0, 0.1) is 0 Å². The molecule has 2 rings (SSSR count). The SMILES string of the molecule is Nc1cnc(Cn2cc(C(F)(F)F)cn2)cn1. The average molecular weight is 243 g/mol. The molecule has 0 bridgehead atoms. The van der Waals surface area contributed by atoms with Crippen LogP contribution in [-0.2, 0) is 12.7 Å². The largest absolute Gasteiger partial charge is 0.419 e. The second kappa shape index (κ2) is 4.04. The van der Waals surface area contributed by atoms with Crippen molar-refractivity contribution in [2.75, 3.05) is 5.73 Å². The van der Waals surface area contributed by atoms with E-state index in [0.29, 0.717) is 5.69 Å². The fourth-order valence-electron chi connectivity index (χ4n) is 1.21. The molecule has 0 atom stereocenters. The number of anilines is 1. The standard InChI is InChI=1S/C9H8F3N5/c10-9(11,12)6-1-16-17(4-6)5-7-2-15-8(13)3-14-7/h1-4H,5H2,(H2,13,15). The first-order chi connectivity index (χ1) is 7.95. The third-order valence-corrected chi connectivity index (χ3v) is 2.01. The molecule has 0 saturated carbocycles. The van der Waals surface area contributed by atoms with Gasteiger partial charge in [0.1, 0.15) is 5.82 Å². The number of nitrogen functional groups attached to an aromatic ring is 1. The van der Waals surface area contributed by atoms with Crippen molar-refractivity contribution >= 4 is 5.82 Å². The predicted molar refractivity (Wildman–Crippen MR) is 52.8 cm³/mol. The van der Waals surface area contributed by atoms with Gasteiger partial charge in [0.05, 0.1) is 36.4 Å². The highest BCUT2D eigenvalue weighted by Gasteiger charge is 2.32. The number of nitrogens with zero attached hydrogens (tertiary/aromatic N) is 4. The molecule has 0 unspecified atom stereocenters. The van der Waals surface area contributed by atoms with Crippen molar-refractivity contribution in [3.8, 4) is 0 Å². The highest BCUT2D eigenvalue weighted by Crippen LogP contribution is 2.28. The van der Waals surface area contributed by atoms with Crippen LogP contribution in [0.4, 0.5) is 19.0 Å². The first kappa shape index (κ1) is 11.4. The molecule has 0 aliphatic heterocycles. The molecule has 90 valence electrons. The molecule has 0 aliphatic rings. The van der Waals surface area contributed by atoms with Crippen LogP contribution in [-0.4, -0.2) is 19.7 Å². The Balaban J connectivity index is 2.14. The number of alkyl halides is 3. The lowest BCUT2D eigenvalue weighted by atomic mass is 10.3. The minimum Gasteiger partial charge on any atom is -0.382 e. The Morgan fingerprint density at radius 2 is 1.94 bits per heavy atom. The van der Waals surface area contributed by atoms with Crippen LogP contribution in [0.15, 0.2) is 24.8 Å². The molecule has 0 fully saturated rings. The van der Waals surface area contributed by atoms with Crippen molar-refractivity contribution in [3.05, 3.63) is 36.0 Å². The fourth-order valence-corrected chi connectivity index (χ4v) is 1.21. The summed E-state index contributed by atoms with van der Waals surface area (Å²) in [6, 6.07) is 0. The summed E-state index contributed by atoms with van der Waals surface area (Å²) in [7, 11) is 0. The molecule has 0 aromatic carbocycles. The topological polar surface area (TPSA) is 69.6 Å². The first-order valence-electron chi connectivity index (χ1n) is 4.61. The molecule has 0 aliphatic carbocycles. The molecule has 5 nitrogen and oxygen atoms in total. The fraction of sp³-hybridized carbons (Fsp3) is 0.222. The van der Waals surface area contributed by atoms with Crippen LogP contribution in [0.5, 0.6) is 0 Å². The Morgan fingerprint density at radius 1 is 1.18 bits per heavy atom. The summed E-state index contributed by atoms with van der Waals surface area (Å²) < 4.78 is 38.0. The lowest BCUT2D eigenvalue weighted by molar-refractivity contribution is -0.137. The summed E-state index contributed by atoms with van der Waals surface area (Å²) in [6.07, 6.45) is 0.0294. The molecular weight excluding hydrogens is 235 g/mol. The van der Waals surface area contributed by atoms with Gasteiger partial charge in [-0.15, -0.1) is 0 Å². The van der Waals surface area contributed by atoms with E-state index in [-0.39, 0.29) is 12.4 Å². The molecule has 17 heavy (non-hydrogen) atoms. The Labute approximate surface area is 94.1 Å². The van der Waals surface area contributed by atoms with Gasteiger partial charge < -0.3 is 5.73 Å². The van der Waals surface area contributed by atoms with E-state index in [0.717, 1.165) is 17.1 Å². The van der Waals surface area contributed by atoms with Gasteiger partial charge in [0, 0.05) is 6.20 Å². The van der Waals surface area contributed by atoms with Crippen molar-refractivity contribution in [3.63, 3.8) is 0 Å². The minimum absolute atomic E-state index is 0.114. The first-order valence-corrected chi connectivity index (χ1v) is 4.61. The van der Waals surface area contributed by atoms with E-state index in [2.05, 4.69) is 15.1 Å². The van der Waals surface area contributed by atoms with Crippen molar-refractivity contribution in [1.82, 2.24) is 19.7 Å². The molecule has 0 radical (unpaired) electrons. The number of hydrogen-bond acceptors (Lipinski definition) is 4. The van der Waals surface area contributed by atoms with Gasteiger partial charge in [-0.3, -0.25) is 9.67 Å². The van der Waals surface area contributed by atoms with Gasteiger partial charge in [-0.05, 0) is 0 Å². The maximum Gasteiger partial charge on any atom is 0.419 e. The Kier molecular flexibility index (Phi) is 2.70. The normalized spacial score (nSPS) is 11.7. The summed E-state index contributed by atoms with van der Waals surface area (Å²) in [5.74, 6) is 0.255. The van der Waals surface area contributed by atoms with Crippen LogP contribution in [0.1, 0.15) is 11.3 Å². The number of nitrogens with two attached hydrogens (primary N) is 1. The van der Waals surface area contributed by atoms with Gasteiger partial charge in [0.2, 0.25) is 0 Å². The van der Waals surface area contributed by atoms with Gasteiger partial charge >= 0.3 is 6.18 Å². The lowest BCUT2D eigenvalue weighted by Crippen LogP contribution is -2.05. The Hall–Kier alpha value is -2.12. The molecule has 2 N–H and O–H groups in total. The van der Waals surface area contributed by atoms with Gasteiger partial charge in [0.15, 0.2) is 0 Å². The van der Waals surface area contributed by atoms with Crippen molar-refractivity contribution in [2.24, 2.45) is 0 Å². The summed E-state index contributed by atoms with van der Waals surface area (Å²) in [5.41, 5.74) is 5.03. The van der Waals surface area contributed by atoms with Gasteiger partial charge in [0.25, 0.3) is 0 Å². The van der Waals surface area contributed by atoms with E-state index in [4.69, 9.17) is 5.73 Å².